The summed E-state index contributed by atoms with van der Waals surface area (Å²) >= 11 is 1.76. The topological polar surface area (TPSA) is 48.4 Å². The van der Waals surface area contributed by atoms with E-state index in [1.54, 1.807) is 11.3 Å². The van der Waals surface area contributed by atoms with Gasteiger partial charge in [0.25, 0.3) is 0 Å². The number of nitrogens with zero attached hydrogens (tertiary/aromatic N) is 2. The van der Waals surface area contributed by atoms with Crippen LogP contribution < -0.4 is 10.2 Å². The average Bonchev–Trinajstić information content (AvgIpc) is 3.21. The molecule has 112 valence electrons. The number of aliphatic hydroxyl groups is 1. The first-order valence-corrected chi connectivity index (χ1v) is 8.68. The van der Waals surface area contributed by atoms with Gasteiger partial charge in [0.1, 0.15) is 0 Å². The molecular weight excluding hydrogens is 270 g/mol. The summed E-state index contributed by atoms with van der Waals surface area (Å²) < 4.78 is 0. The lowest BCUT2D eigenvalue weighted by atomic mass is 10.0. The molecule has 1 aliphatic heterocycles. The van der Waals surface area contributed by atoms with Crippen molar-refractivity contribution in [2.45, 2.75) is 51.1 Å². The number of aryl methyl sites for hydroxylation is 1. The first kappa shape index (κ1) is 14.3. The molecule has 0 bridgehead atoms. The van der Waals surface area contributed by atoms with Gasteiger partial charge in [0.2, 0.25) is 0 Å². The number of hydrogen-bond acceptors (Lipinski definition) is 5. The molecule has 1 saturated carbocycles. The van der Waals surface area contributed by atoms with E-state index in [2.05, 4.69) is 27.5 Å². The molecule has 2 heterocycles. The summed E-state index contributed by atoms with van der Waals surface area (Å²) in [6.07, 6.45) is 5.97. The molecular formula is C15H25N3OS. The Morgan fingerprint density at radius 1 is 1.40 bits per heavy atom. The fourth-order valence-electron chi connectivity index (χ4n) is 3.12. The van der Waals surface area contributed by atoms with E-state index in [1.165, 1.54) is 30.8 Å². The van der Waals surface area contributed by atoms with E-state index < -0.39 is 0 Å². The molecule has 1 saturated heterocycles. The van der Waals surface area contributed by atoms with Gasteiger partial charge in [0, 0.05) is 37.2 Å². The Labute approximate surface area is 125 Å². The van der Waals surface area contributed by atoms with E-state index in [1.807, 2.05) is 0 Å². The van der Waals surface area contributed by atoms with Crippen LogP contribution in [0.25, 0.3) is 0 Å². The lowest BCUT2D eigenvalue weighted by Gasteiger charge is -2.34. The zero-order valence-electron chi connectivity index (χ0n) is 12.2. The van der Waals surface area contributed by atoms with Crippen LogP contribution in [0.3, 0.4) is 0 Å². The van der Waals surface area contributed by atoms with Crippen LogP contribution in [-0.4, -0.2) is 41.9 Å². The van der Waals surface area contributed by atoms with Crippen molar-refractivity contribution in [3.05, 3.63) is 11.1 Å². The Balaban J connectivity index is 1.48. The molecule has 5 heteroatoms. The maximum absolute atomic E-state index is 9.18. The molecule has 2 N–H and O–H groups in total. The minimum Gasteiger partial charge on any atom is -0.396 e. The van der Waals surface area contributed by atoms with E-state index in [0.29, 0.717) is 18.7 Å². The maximum atomic E-state index is 9.18. The highest BCUT2D eigenvalue weighted by atomic mass is 32.1. The minimum atomic E-state index is 0.311. The summed E-state index contributed by atoms with van der Waals surface area (Å²) in [6, 6.07) is 1.16. The molecule has 2 aliphatic rings. The molecule has 0 spiro atoms. The van der Waals surface area contributed by atoms with Crippen LogP contribution in [0.2, 0.25) is 0 Å². The number of nitrogens with one attached hydrogen (secondary N) is 1. The van der Waals surface area contributed by atoms with Crippen molar-refractivity contribution in [1.82, 2.24) is 10.3 Å². The van der Waals surface area contributed by atoms with Crippen LogP contribution in [0.15, 0.2) is 5.38 Å². The van der Waals surface area contributed by atoms with Gasteiger partial charge in [-0.2, -0.15) is 0 Å². The van der Waals surface area contributed by atoms with Crippen molar-refractivity contribution in [2.24, 2.45) is 5.92 Å². The zero-order valence-corrected chi connectivity index (χ0v) is 13.0. The van der Waals surface area contributed by atoms with E-state index in [9.17, 15) is 5.11 Å². The van der Waals surface area contributed by atoms with Gasteiger partial charge in [-0.25, -0.2) is 4.98 Å². The van der Waals surface area contributed by atoms with Crippen molar-refractivity contribution >= 4 is 16.5 Å². The summed E-state index contributed by atoms with van der Waals surface area (Å²) in [5, 5.41) is 16.3. The van der Waals surface area contributed by atoms with E-state index in [-0.39, 0.29) is 0 Å². The maximum Gasteiger partial charge on any atom is 0.185 e. The molecule has 1 aromatic rings. The van der Waals surface area contributed by atoms with Crippen LogP contribution in [0.1, 0.15) is 37.8 Å². The molecule has 20 heavy (non-hydrogen) atoms. The number of anilines is 1. The minimum absolute atomic E-state index is 0.311. The van der Waals surface area contributed by atoms with Gasteiger partial charge in [-0.3, -0.25) is 0 Å². The highest BCUT2D eigenvalue weighted by Gasteiger charge is 2.33. The third-order valence-electron chi connectivity index (χ3n) is 4.45. The fraction of sp³-hybridized carbons (Fsp3) is 0.800. The Bertz CT molecular complexity index is 425. The van der Waals surface area contributed by atoms with Gasteiger partial charge < -0.3 is 15.3 Å². The van der Waals surface area contributed by atoms with Gasteiger partial charge in [-0.1, -0.05) is 0 Å². The lowest BCUT2D eigenvalue weighted by molar-refractivity contribution is 0.241. The van der Waals surface area contributed by atoms with Crippen LogP contribution in [0.4, 0.5) is 5.13 Å². The molecule has 4 nitrogen and oxygen atoms in total. The second-order valence-corrected chi connectivity index (χ2v) is 6.99. The first-order chi connectivity index (χ1) is 9.76. The smallest absolute Gasteiger partial charge is 0.185 e. The monoisotopic (exact) mass is 295 g/mol. The Morgan fingerprint density at radius 3 is 2.70 bits per heavy atom. The fourth-order valence-corrected chi connectivity index (χ4v) is 3.98. The van der Waals surface area contributed by atoms with Crippen molar-refractivity contribution in [3.8, 4) is 0 Å². The summed E-state index contributed by atoms with van der Waals surface area (Å²) in [4.78, 5) is 6.99. The molecule has 1 aromatic heterocycles. The van der Waals surface area contributed by atoms with Crippen LogP contribution in [0.5, 0.6) is 0 Å². The average molecular weight is 295 g/mol. The van der Waals surface area contributed by atoms with Gasteiger partial charge in [-0.15, -0.1) is 11.3 Å². The van der Waals surface area contributed by atoms with Crippen molar-refractivity contribution < 1.29 is 5.11 Å². The summed E-state index contributed by atoms with van der Waals surface area (Å²) in [7, 11) is 0. The molecule has 2 fully saturated rings. The highest BCUT2D eigenvalue weighted by molar-refractivity contribution is 7.13. The Hall–Kier alpha value is -0.650. The summed E-state index contributed by atoms with van der Waals surface area (Å²) in [5.41, 5.74) is 1.13. The van der Waals surface area contributed by atoms with Gasteiger partial charge in [0.05, 0.1) is 5.69 Å². The number of rotatable bonds is 6. The zero-order chi connectivity index (χ0) is 13.9. The van der Waals surface area contributed by atoms with Crippen molar-refractivity contribution in [1.29, 1.82) is 0 Å². The molecule has 0 radical (unpaired) electrons. The van der Waals surface area contributed by atoms with Gasteiger partial charge in [-0.05, 0) is 44.9 Å². The molecule has 0 amide bonds. The van der Waals surface area contributed by atoms with E-state index in [0.717, 1.165) is 31.1 Å². The van der Waals surface area contributed by atoms with Crippen LogP contribution >= 0.6 is 11.3 Å². The SMILES string of the molecule is Cc1csc(N2CCC(NC(CCO)C3CC3)CC2)n1. The third-order valence-corrected chi connectivity index (χ3v) is 5.47. The number of piperidine rings is 1. The predicted octanol–water partition coefficient (Wildman–Crippen LogP) is 2.17. The lowest BCUT2D eigenvalue weighted by Crippen LogP contribution is -2.47. The highest BCUT2D eigenvalue weighted by Crippen LogP contribution is 2.34. The second kappa shape index (κ2) is 6.41. The number of aromatic nitrogens is 1. The largest absolute Gasteiger partial charge is 0.396 e. The first-order valence-electron chi connectivity index (χ1n) is 7.80. The molecule has 1 atom stereocenters. The summed E-state index contributed by atoms with van der Waals surface area (Å²) in [5.74, 6) is 0.821. The Kier molecular flexibility index (Phi) is 4.58. The standard InChI is InChI=1S/C15H25N3OS/c1-11-10-20-15(16-11)18-7-4-13(5-8-18)17-14(6-9-19)12-2-3-12/h10,12-14,17,19H,2-9H2,1H3. The molecule has 0 aromatic carbocycles. The van der Waals surface area contributed by atoms with Gasteiger partial charge >= 0.3 is 0 Å². The van der Waals surface area contributed by atoms with Crippen molar-refractivity contribution in [3.63, 3.8) is 0 Å². The molecule has 1 unspecified atom stereocenters. The van der Waals surface area contributed by atoms with E-state index >= 15 is 0 Å². The number of hydrogen-bond donors (Lipinski definition) is 2. The van der Waals surface area contributed by atoms with Gasteiger partial charge in [0.15, 0.2) is 5.13 Å². The quantitative estimate of drug-likeness (QED) is 0.844. The predicted molar refractivity (Wildman–Crippen MR) is 83.4 cm³/mol. The van der Waals surface area contributed by atoms with Crippen molar-refractivity contribution in [2.75, 3.05) is 24.6 Å². The third kappa shape index (κ3) is 3.51. The number of thiazole rings is 1. The Morgan fingerprint density at radius 2 is 2.15 bits per heavy atom. The van der Waals surface area contributed by atoms with E-state index in [4.69, 9.17) is 0 Å². The van der Waals surface area contributed by atoms with Crippen LogP contribution in [-0.2, 0) is 0 Å². The summed E-state index contributed by atoms with van der Waals surface area (Å²) in [6.45, 7) is 4.57. The van der Waals surface area contributed by atoms with Crippen LogP contribution in [0, 0.1) is 12.8 Å². The molecule has 1 aliphatic carbocycles. The normalized spacial score (nSPS) is 22.2. The second-order valence-electron chi connectivity index (χ2n) is 6.16. The molecule has 3 rings (SSSR count). The number of aliphatic hydroxyl groups excluding tert-OH is 1.